The molecule has 2 heterocycles. The van der Waals surface area contributed by atoms with Gasteiger partial charge in [0.2, 0.25) is 11.8 Å². The molecule has 2 aliphatic rings. The predicted octanol–water partition coefficient (Wildman–Crippen LogP) is -0.697. The van der Waals surface area contributed by atoms with Crippen molar-refractivity contribution in [1.29, 1.82) is 0 Å². The second-order valence-electron chi connectivity index (χ2n) is 5.29. The summed E-state index contributed by atoms with van der Waals surface area (Å²) in [5.74, 6) is 0.0216. The normalized spacial score (nSPS) is 22.3. The molecule has 6 nitrogen and oxygen atoms in total. The van der Waals surface area contributed by atoms with E-state index in [1.165, 1.54) is 0 Å². The summed E-state index contributed by atoms with van der Waals surface area (Å²) in [5.41, 5.74) is 0. The van der Waals surface area contributed by atoms with Crippen molar-refractivity contribution in [3.8, 4) is 0 Å². The van der Waals surface area contributed by atoms with Crippen LogP contribution in [-0.4, -0.2) is 74.6 Å². The van der Waals surface area contributed by atoms with Crippen LogP contribution in [0.1, 0.15) is 12.8 Å². The topological polar surface area (TPSA) is 61.9 Å². The van der Waals surface area contributed by atoms with Gasteiger partial charge in [-0.1, -0.05) is 0 Å². The van der Waals surface area contributed by atoms with Gasteiger partial charge < -0.3 is 19.9 Å². The SMILES string of the molecule is CN1CCN(C(=O)CNC(=O)C2CCOCC2)CC1. The largest absolute Gasteiger partial charge is 0.381 e. The Morgan fingerprint density at radius 1 is 1.16 bits per heavy atom. The first kappa shape index (κ1) is 14.3. The first-order valence-corrected chi connectivity index (χ1v) is 6.98. The minimum absolute atomic E-state index is 0.00837. The van der Waals surface area contributed by atoms with Gasteiger partial charge >= 0.3 is 0 Å². The zero-order valence-corrected chi connectivity index (χ0v) is 11.6. The molecule has 0 radical (unpaired) electrons. The van der Waals surface area contributed by atoms with Crippen LogP contribution in [0.2, 0.25) is 0 Å². The van der Waals surface area contributed by atoms with E-state index in [9.17, 15) is 9.59 Å². The van der Waals surface area contributed by atoms with E-state index in [1.54, 1.807) is 0 Å². The molecule has 0 bridgehead atoms. The number of ether oxygens (including phenoxy) is 1. The number of nitrogens with one attached hydrogen (secondary N) is 1. The number of amides is 2. The summed E-state index contributed by atoms with van der Waals surface area (Å²) in [5, 5.41) is 2.76. The van der Waals surface area contributed by atoms with Crippen LogP contribution in [-0.2, 0) is 14.3 Å². The van der Waals surface area contributed by atoms with Crippen LogP contribution in [0.5, 0.6) is 0 Å². The summed E-state index contributed by atoms with van der Waals surface area (Å²) in [6, 6.07) is 0. The highest BCUT2D eigenvalue weighted by molar-refractivity contribution is 5.85. The second kappa shape index (κ2) is 6.86. The summed E-state index contributed by atoms with van der Waals surface area (Å²) >= 11 is 0. The quantitative estimate of drug-likeness (QED) is 0.736. The number of nitrogens with zero attached hydrogens (tertiary/aromatic N) is 2. The van der Waals surface area contributed by atoms with Crippen molar-refractivity contribution in [2.45, 2.75) is 12.8 Å². The van der Waals surface area contributed by atoms with Gasteiger partial charge in [-0.15, -0.1) is 0 Å². The first-order chi connectivity index (χ1) is 9.16. The molecule has 2 amide bonds. The molecular formula is C13H23N3O3. The van der Waals surface area contributed by atoms with E-state index in [0.29, 0.717) is 13.2 Å². The molecule has 0 saturated carbocycles. The van der Waals surface area contributed by atoms with Gasteiger partial charge in [0.15, 0.2) is 0 Å². The van der Waals surface area contributed by atoms with Crippen LogP contribution < -0.4 is 5.32 Å². The average Bonchev–Trinajstić information content (AvgIpc) is 2.46. The van der Waals surface area contributed by atoms with Gasteiger partial charge in [0.25, 0.3) is 0 Å². The smallest absolute Gasteiger partial charge is 0.242 e. The molecule has 0 aromatic carbocycles. The van der Waals surface area contributed by atoms with E-state index in [2.05, 4.69) is 17.3 Å². The Bertz CT molecular complexity index is 321. The van der Waals surface area contributed by atoms with Gasteiger partial charge in [-0.2, -0.15) is 0 Å². The summed E-state index contributed by atoms with van der Waals surface area (Å²) in [7, 11) is 2.05. The van der Waals surface area contributed by atoms with Crippen LogP contribution in [0, 0.1) is 5.92 Å². The van der Waals surface area contributed by atoms with E-state index in [0.717, 1.165) is 39.0 Å². The Kier molecular flexibility index (Phi) is 5.15. The highest BCUT2D eigenvalue weighted by Crippen LogP contribution is 2.14. The molecule has 0 atom stereocenters. The molecule has 2 aliphatic heterocycles. The molecule has 0 unspecified atom stereocenters. The summed E-state index contributed by atoms with van der Waals surface area (Å²) in [4.78, 5) is 27.9. The maximum absolute atomic E-state index is 12.0. The number of hydrogen-bond donors (Lipinski definition) is 1. The van der Waals surface area contributed by atoms with Crippen molar-refractivity contribution < 1.29 is 14.3 Å². The zero-order chi connectivity index (χ0) is 13.7. The molecule has 108 valence electrons. The molecule has 0 aromatic rings. The van der Waals surface area contributed by atoms with Gasteiger partial charge in [0, 0.05) is 45.3 Å². The van der Waals surface area contributed by atoms with Crippen molar-refractivity contribution in [2.75, 3.05) is 53.0 Å². The van der Waals surface area contributed by atoms with E-state index in [1.807, 2.05) is 4.90 Å². The highest BCUT2D eigenvalue weighted by Gasteiger charge is 2.23. The Labute approximate surface area is 114 Å². The second-order valence-corrected chi connectivity index (χ2v) is 5.29. The maximum atomic E-state index is 12.0. The number of hydrogen-bond acceptors (Lipinski definition) is 4. The lowest BCUT2D eigenvalue weighted by Gasteiger charge is -2.32. The lowest BCUT2D eigenvalue weighted by atomic mass is 9.99. The standard InChI is InChI=1S/C13H23N3O3/c1-15-4-6-16(7-5-15)12(17)10-14-13(18)11-2-8-19-9-3-11/h11H,2-10H2,1H3,(H,14,18). The third-order valence-corrected chi connectivity index (χ3v) is 3.86. The first-order valence-electron chi connectivity index (χ1n) is 6.98. The molecule has 19 heavy (non-hydrogen) atoms. The Morgan fingerprint density at radius 3 is 2.42 bits per heavy atom. The Balaban J connectivity index is 1.69. The third-order valence-electron chi connectivity index (χ3n) is 3.86. The third kappa shape index (κ3) is 4.18. The van der Waals surface area contributed by atoms with Crippen molar-refractivity contribution in [3.05, 3.63) is 0 Å². The number of likely N-dealkylation sites (N-methyl/N-ethyl adjacent to an activating group) is 1. The minimum atomic E-state index is -0.00854. The predicted molar refractivity (Wildman–Crippen MR) is 70.6 cm³/mol. The molecule has 0 aromatic heterocycles. The Morgan fingerprint density at radius 2 is 1.79 bits per heavy atom. The lowest BCUT2D eigenvalue weighted by Crippen LogP contribution is -2.50. The lowest BCUT2D eigenvalue weighted by molar-refractivity contribution is -0.135. The number of carbonyl (C=O) groups is 2. The summed E-state index contributed by atoms with van der Waals surface area (Å²) in [6.07, 6.45) is 1.52. The van der Waals surface area contributed by atoms with E-state index >= 15 is 0 Å². The highest BCUT2D eigenvalue weighted by atomic mass is 16.5. The van der Waals surface area contributed by atoms with Crippen LogP contribution in [0.4, 0.5) is 0 Å². The van der Waals surface area contributed by atoms with Crippen LogP contribution in [0.3, 0.4) is 0 Å². The van der Waals surface area contributed by atoms with Gasteiger partial charge in [-0.25, -0.2) is 0 Å². The van der Waals surface area contributed by atoms with Gasteiger partial charge in [-0.3, -0.25) is 9.59 Å². The molecule has 1 N–H and O–H groups in total. The Hall–Kier alpha value is -1.14. The molecule has 2 rings (SSSR count). The van der Waals surface area contributed by atoms with Gasteiger partial charge in [-0.05, 0) is 19.9 Å². The van der Waals surface area contributed by atoms with Crippen LogP contribution >= 0.6 is 0 Å². The van der Waals surface area contributed by atoms with Gasteiger partial charge in [0.1, 0.15) is 0 Å². The minimum Gasteiger partial charge on any atom is -0.381 e. The molecule has 2 fully saturated rings. The molecule has 6 heteroatoms. The van der Waals surface area contributed by atoms with E-state index in [-0.39, 0.29) is 24.3 Å². The number of rotatable bonds is 3. The summed E-state index contributed by atoms with van der Waals surface area (Å²) < 4.78 is 5.22. The maximum Gasteiger partial charge on any atom is 0.242 e. The van der Waals surface area contributed by atoms with Crippen molar-refractivity contribution in [2.24, 2.45) is 5.92 Å². The monoisotopic (exact) mass is 269 g/mol. The molecule has 2 saturated heterocycles. The molecule has 0 spiro atoms. The fourth-order valence-electron chi connectivity index (χ4n) is 2.43. The van der Waals surface area contributed by atoms with Gasteiger partial charge in [0.05, 0.1) is 6.54 Å². The van der Waals surface area contributed by atoms with E-state index < -0.39 is 0 Å². The fourth-order valence-corrected chi connectivity index (χ4v) is 2.43. The van der Waals surface area contributed by atoms with E-state index in [4.69, 9.17) is 4.74 Å². The number of carbonyl (C=O) groups excluding carboxylic acids is 2. The van der Waals surface area contributed by atoms with Crippen LogP contribution in [0.15, 0.2) is 0 Å². The van der Waals surface area contributed by atoms with Crippen molar-refractivity contribution >= 4 is 11.8 Å². The van der Waals surface area contributed by atoms with Crippen LogP contribution in [0.25, 0.3) is 0 Å². The number of piperazine rings is 1. The molecule has 0 aliphatic carbocycles. The fraction of sp³-hybridized carbons (Fsp3) is 0.846. The van der Waals surface area contributed by atoms with Crippen molar-refractivity contribution in [3.63, 3.8) is 0 Å². The van der Waals surface area contributed by atoms with Crippen molar-refractivity contribution in [1.82, 2.24) is 15.1 Å². The zero-order valence-electron chi connectivity index (χ0n) is 11.6. The average molecular weight is 269 g/mol. The summed E-state index contributed by atoms with van der Waals surface area (Å²) in [6.45, 7) is 4.72. The molecular weight excluding hydrogens is 246 g/mol.